The number of benzene rings is 1. The van der Waals surface area contributed by atoms with Gasteiger partial charge in [-0.05, 0) is 36.1 Å². The summed E-state index contributed by atoms with van der Waals surface area (Å²) in [7, 11) is 0. The molecule has 26 heavy (non-hydrogen) atoms. The van der Waals surface area contributed by atoms with Crippen LogP contribution in [0.3, 0.4) is 0 Å². The van der Waals surface area contributed by atoms with Gasteiger partial charge in [-0.2, -0.15) is 0 Å². The highest BCUT2D eigenvalue weighted by atomic mass is 19.1. The Kier molecular flexibility index (Phi) is 3.84. The molecule has 2 aromatic heterocycles. The minimum atomic E-state index is -0.402. The molecule has 1 aliphatic rings. The van der Waals surface area contributed by atoms with Gasteiger partial charge < -0.3 is 0 Å². The summed E-state index contributed by atoms with van der Waals surface area (Å²) >= 11 is 0. The Morgan fingerprint density at radius 1 is 1.23 bits per heavy atom. The third-order valence-corrected chi connectivity index (χ3v) is 4.76. The molecule has 0 atom stereocenters. The molecule has 1 aromatic carbocycles. The molecular weight excluding hydrogens is 329 g/mol. The van der Waals surface area contributed by atoms with Crippen LogP contribution in [0.2, 0.25) is 0 Å². The second kappa shape index (κ2) is 6.06. The number of hydrogen-bond acceptors (Lipinski definition) is 3. The van der Waals surface area contributed by atoms with Gasteiger partial charge >= 0.3 is 0 Å². The third-order valence-electron chi connectivity index (χ3n) is 4.76. The first-order valence-corrected chi connectivity index (χ1v) is 8.58. The number of hydrogen-bond donors (Lipinski definition) is 0. The van der Waals surface area contributed by atoms with Crippen LogP contribution in [0, 0.1) is 23.1 Å². The zero-order valence-electron chi connectivity index (χ0n) is 14.7. The van der Waals surface area contributed by atoms with Crippen molar-refractivity contribution in [3.05, 3.63) is 69.8 Å². The van der Waals surface area contributed by atoms with Gasteiger partial charge in [0.15, 0.2) is 0 Å². The van der Waals surface area contributed by atoms with Crippen LogP contribution in [-0.2, 0) is 13.0 Å². The summed E-state index contributed by atoms with van der Waals surface area (Å²) < 4.78 is 15.4. The maximum Gasteiger partial charge on any atom is 0.261 e. The molecule has 0 radical (unpaired) electrons. The molecule has 5 heteroatoms. The van der Waals surface area contributed by atoms with E-state index in [1.807, 2.05) is 0 Å². The summed E-state index contributed by atoms with van der Waals surface area (Å²) in [4.78, 5) is 21.4. The fourth-order valence-electron chi connectivity index (χ4n) is 3.26. The van der Waals surface area contributed by atoms with E-state index in [1.165, 1.54) is 18.5 Å². The smallest absolute Gasteiger partial charge is 0.261 e. The first kappa shape index (κ1) is 16.5. The Balaban J connectivity index is 1.78. The average Bonchev–Trinajstić information content (AvgIpc) is 2.61. The van der Waals surface area contributed by atoms with Gasteiger partial charge in [0.05, 0.1) is 16.5 Å². The molecule has 4 nitrogen and oxygen atoms in total. The van der Waals surface area contributed by atoms with Crippen molar-refractivity contribution in [1.29, 1.82) is 0 Å². The van der Waals surface area contributed by atoms with Gasteiger partial charge in [-0.1, -0.05) is 25.7 Å². The summed E-state index contributed by atoms with van der Waals surface area (Å²) in [5.74, 6) is 6.13. The lowest BCUT2D eigenvalue weighted by Crippen LogP contribution is -2.36. The Morgan fingerprint density at radius 3 is 2.88 bits per heavy atom. The molecule has 0 bridgehead atoms. The van der Waals surface area contributed by atoms with Gasteiger partial charge in [-0.15, -0.1) is 0 Å². The lowest BCUT2D eigenvalue weighted by Gasteiger charge is -2.31. The van der Waals surface area contributed by atoms with Crippen molar-refractivity contribution in [2.24, 2.45) is 5.41 Å². The molecular formula is C21H18FN3O. The van der Waals surface area contributed by atoms with E-state index in [0.29, 0.717) is 23.0 Å². The largest absolute Gasteiger partial charge is 0.296 e. The van der Waals surface area contributed by atoms with Crippen LogP contribution in [0.4, 0.5) is 4.39 Å². The first-order valence-electron chi connectivity index (χ1n) is 8.58. The van der Waals surface area contributed by atoms with Gasteiger partial charge in [0.1, 0.15) is 11.6 Å². The summed E-state index contributed by atoms with van der Waals surface area (Å²) in [6, 6.07) is 6.59. The second-order valence-corrected chi connectivity index (χ2v) is 7.42. The van der Waals surface area contributed by atoms with E-state index >= 15 is 0 Å². The maximum atomic E-state index is 13.7. The first-order chi connectivity index (χ1) is 12.4. The Labute approximate surface area is 150 Å². The molecule has 130 valence electrons. The van der Waals surface area contributed by atoms with Crippen LogP contribution >= 0.6 is 0 Å². The number of aromatic nitrogens is 3. The van der Waals surface area contributed by atoms with Crippen LogP contribution in [0.1, 0.15) is 37.2 Å². The molecule has 0 amide bonds. The Morgan fingerprint density at radius 2 is 2.08 bits per heavy atom. The zero-order valence-corrected chi connectivity index (χ0v) is 14.7. The number of aryl methyl sites for hydroxylation is 1. The summed E-state index contributed by atoms with van der Waals surface area (Å²) in [5.41, 5.74) is 1.67. The van der Waals surface area contributed by atoms with Gasteiger partial charge in [-0.3, -0.25) is 14.3 Å². The zero-order chi connectivity index (χ0) is 18.3. The van der Waals surface area contributed by atoms with Crippen molar-refractivity contribution in [2.45, 2.75) is 33.2 Å². The molecule has 4 rings (SSSR count). The van der Waals surface area contributed by atoms with Gasteiger partial charge in [0.2, 0.25) is 0 Å². The van der Waals surface area contributed by atoms with Crippen molar-refractivity contribution >= 4 is 10.9 Å². The molecule has 3 heterocycles. The van der Waals surface area contributed by atoms with Crippen LogP contribution in [0.15, 0.2) is 41.5 Å². The number of rotatable bonds is 0. The van der Waals surface area contributed by atoms with E-state index in [0.717, 1.165) is 18.7 Å². The summed E-state index contributed by atoms with van der Waals surface area (Å²) in [6.45, 7) is 5.03. The Bertz CT molecular complexity index is 1140. The van der Waals surface area contributed by atoms with E-state index in [-0.39, 0.29) is 16.5 Å². The molecule has 1 aliphatic heterocycles. The molecule has 3 aromatic rings. The molecule has 0 saturated heterocycles. The lowest BCUT2D eigenvalue weighted by atomic mass is 9.85. The number of nitrogens with zero attached hydrogens (tertiary/aromatic N) is 3. The number of fused-ring (bicyclic) bond motifs is 2. The van der Waals surface area contributed by atoms with Crippen molar-refractivity contribution in [3.8, 4) is 11.8 Å². The predicted octanol–water partition coefficient (Wildman–Crippen LogP) is 3.30. The van der Waals surface area contributed by atoms with Crippen molar-refractivity contribution < 1.29 is 4.39 Å². The van der Waals surface area contributed by atoms with E-state index in [4.69, 9.17) is 0 Å². The highest BCUT2D eigenvalue weighted by Crippen LogP contribution is 2.29. The van der Waals surface area contributed by atoms with E-state index in [2.05, 4.69) is 35.7 Å². The minimum Gasteiger partial charge on any atom is -0.296 e. The summed E-state index contributed by atoms with van der Waals surface area (Å²) in [6.07, 6.45) is 4.57. The van der Waals surface area contributed by atoms with E-state index < -0.39 is 5.82 Å². The fourth-order valence-corrected chi connectivity index (χ4v) is 3.26. The molecule has 0 spiro atoms. The highest BCUT2D eigenvalue weighted by Gasteiger charge is 2.27. The van der Waals surface area contributed by atoms with Crippen molar-refractivity contribution in [1.82, 2.24) is 14.5 Å². The molecule has 0 unspecified atom stereocenters. The number of halogens is 1. The van der Waals surface area contributed by atoms with Crippen LogP contribution in [0.5, 0.6) is 0 Å². The van der Waals surface area contributed by atoms with E-state index in [1.54, 1.807) is 22.8 Å². The van der Waals surface area contributed by atoms with Gasteiger partial charge in [-0.25, -0.2) is 9.37 Å². The van der Waals surface area contributed by atoms with Crippen LogP contribution in [0.25, 0.3) is 10.9 Å². The fraction of sp³-hybridized carbons (Fsp3) is 0.286. The second-order valence-electron chi connectivity index (χ2n) is 7.42. The van der Waals surface area contributed by atoms with Crippen molar-refractivity contribution in [3.63, 3.8) is 0 Å². The lowest BCUT2D eigenvalue weighted by molar-refractivity contribution is 0.240. The highest BCUT2D eigenvalue weighted by molar-refractivity contribution is 5.79. The molecule has 0 N–H and O–H groups in total. The standard InChI is InChI=1S/C21H18FN3O/c1-21(2)9-7-19-24-18-11-14(3-5-15-12-23-10-8-17(15)22)4-6-16(18)20(26)25(19)13-21/h4,6,8,10-12H,7,9,13H2,1-2H3. The predicted molar refractivity (Wildman–Crippen MR) is 98.3 cm³/mol. The van der Waals surface area contributed by atoms with Crippen LogP contribution < -0.4 is 5.56 Å². The van der Waals surface area contributed by atoms with E-state index in [9.17, 15) is 9.18 Å². The molecule has 0 aliphatic carbocycles. The normalized spacial score (nSPS) is 15.2. The van der Waals surface area contributed by atoms with Crippen LogP contribution in [-0.4, -0.2) is 14.5 Å². The topological polar surface area (TPSA) is 47.8 Å². The minimum absolute atomic E-state index is 0.00409. The quantitative estimate of drug-likeness (QED) is 0.586. The Hall–Kier alpha value is -3.00. The van der Waals surface area contributed by atoms with Gasteiger partial charge in [0.25, 0.3) is 5.56 Å². The van der Waals surface area contributed by atoms with Crippen molar-refractivity contribution in [2.75, 3.05) is 0 Å². The SMILES string of the molecule is CC1(C)CCc2nc3cc(C#Cc4cnccc4F)ccc3c(=O)n2C1. The maximum absolute atomic E-state index is 13.7. The third kappa shape index (κ3) is 2.99. The molecule has 0 fully saturated rings. The number of pyridine rings is 1. The summed E-state index contributed by atoms with van der Waals surface area (Å²) in [5, 5.41) is 0.588. The average molecular weight is 347 g/mol. The monoisotopic (exact) mass is 347 g/mol. The van der Waals surface area contributed by atoms with Gasteiger partial charge in [0, 0.05) is 30.9 Å². The molecule has 0 saturated carbocycles.